The zero-order valence-electron chi connectivity index (χ0n) is 14.2. The van der Waals surface area contributed by atoms with Gasteiger partial charge in [-0.2, -0.15) is 0 Å². The third kappa shape index (κ3) is 3.17. The summed E-state index contributed by atoms with van der Waals surface area (Å²) in [5.41, 5.74) is 4.29. The Balaban J connectivity index is 1.86. The smallest absolute Gasteiger partial charge is 0.256 e. The molecule has 1 N–H and O–H groups in total. The first-order chi connectivity index (χ1) is 11.1. The highest BCUT2D eigenvalue weighted by atomic mass is 16.2. The summed E-state index contributed by atoms with van der Waals surface area (Å²) in [6.45, 7) is 9.57. The van der Waals surface area contributed by atoms with Crippen LogP contribution in [0.15, 0.2) is 36.4 Å². The summed E-state index contributed by atoms with van der Waals surface area (Å²) in [6.07, 6.45) is 0. The van der Waals surface area contributed by atoms with Crippen LogP contribution in [-0.2, 0) is 6.54 Å². The van der Waals surface area contributed by atoms with Crippen molar-refractivity contribution in [2.45, 2.75) is 33.4 Å². The molecule has 3 rings (SSSR count). The zero-order valence-corrected chi connectivity index (χ0v) is 14.2. The summed E-state index contributed by atoms with van der Waals surface area (Å²) in [7, 11) is 0. The van der Waals surface area contributed by atoms with Gasteiger partial charge in [-0.25, -0.2) is 0 Å². The molecule has 0 aliphatic carbocycles. The van der Waals surface area contributed by atoms with Gasteiger partial charge in [-0.3, -0.25) is 4.79 Å². The van der Waals surface area contributed by atoms with Crippen LogP contribution in [-0.4, -0.2) is 41.1 Å². The number of aryl methyl sites for hydroxylation is 1. The van der Waals surface area contributed by atoms with Gasteiger partial charge < -0.3 is 14.8 Å². The number of nitrogens with zero attached hydrogens (tertiary/aromatic N) is 2. The van der Waals surface area contributed by atoms with E-state index in [1.165, 1.54) is 5.56 Å². The first-order valence-corrected chi connectivity index (χ1v) is 8.30. The number of piperazine rings is 1. The van der Waals surface area contributed by atoms with E-state index in [1.807, 2.05) is 17.0 Å². The predicted octanol–water partition coefficient (Wildman–Crippen LogP) is 2.59. The van der Waals surface area contributed by atoms with Crippen LogP contribution in [0.5, 0.6) is 0 Å². The van der Waals surface area contributed by atoms with E-state index in [-0.39, 0.29) is 11.9 Å². The number of benzene rings is 1. The van der Waals surface area contributed by atoms with Crippen molar-refractivity contribution in [1.82, 2.24) is 14.8 Å². The van der Waals surface area contributed by atoms with Crippen LogP contribution in [0, 0.1) is 13.8 Å². The van der Waals surface area contributed by atoms with Gasteiger partial charge in [-0.15, -0.1) is 0 Å². The minimum Gasteiger partial charge on any atom is -0.344 e. The number of hydrogen-bond donors (Lipinski definition) is 1. The van der Waals surface area contributed by atoms with Gasteiger partial charge in [-0.1, -0.05) is 30.3 Å². The molecular formula is C19H25N3O. The fourth-order valence-corrected chi connectivity index (χ4v) is 3.32. The van der Waals surface area contributed by atoms with E-state index in [1.54, 1.807) is 0 Å². The topological polar surface area (TPSA) is 37.3 Å². The Morgan fingerprint density at radius 2 is 2.00 bits per heavy atom. The fourth-order valence-electron chi connectivity index (χ4n) is 3.32. The average molecular weight is 311 g/mol. The molecule has 1 aromatic heterocycles. The zero-order chi connectivity index (χ0) is 16.4. The van der Waals surface area contributed by atoms with Gasteiger partial charge in [0.15, 0.2) is 0 Å². The standard InChI is InChI=1S/C19H25N3O/c1-14-11-18(19(23)21-10-9-20-12-15(21)2)16(3)22(14)13-17-7-5-4-6-8-17/h4-8,11,15,20H,9-10,12-13H2,1-3H3/t15-/m0/s1. The maximum atomic E-state index is 12.9. The van der Waals surface area contributed by atoms with Crippen molar-refractivity contribution in [2.75, 3.05) is 19.6 Å². The summed E-state index contributed by atoms with van der Waals surface area (Å²) in [5, 5.41) is 3.34. The van der Waals surface area contributed by atoms with Gasteiger partial charge in [0.1, 0.15) is 0 Å². The molecule has 1 fully saturated rings. The fraction of sp³-hybridized carbons (Fsp3) is 0.421. The number of hydrogen-bond acceptors (Lipinski definition) is 2. The molecule has 0 unspecified atom stereocenters. The Hall–Kier alpha value is -2.07. The second-order valence-electron chi connectivity index (χ2n) is 6.41. The van der Waals surface area contributed by atoms with Crippen LogP contribution in [0.1, 0.15) is 34.2 Å². The van der Waals surface area contributed by atoms with Crippen LogP contribution in [0.2, 0.25) is 0 Å². The molecule has 1 atom stereocenters. The molecule has 4 heteroatoms. The highest BCUT2D eigenvalue weighted by Crippen LogP contribution is 2.20. The number of amides is 1. The molecule has 4 nitrogen and oxygen atoms in total. The van der Waals surface area contributed by atoms with E-state index < -0.39 is 0 Å². The first kappa shape index (κ1) is 15.8. The van der Waals surface area contributed by atoms with E-state index in [9.17, 15) is 4.79 Å². The molecule has 1 amide bonds. The molecule has 1 aromatic carbocycles. The van der Waals surface area contributed by atoms with Crippen molar-refractivity contribution in [3.05, 3.63) is 58.9 Å². The molecular weight excluding hydrogens is 286 g/mol. The van der Waals surface area contributed by atoms with Crippen molar-refractivity contribution in [2.24, 2.45) is 0 Å². The summed E-state index contributed by atoms with van der Waals surface area (Å²) in [6, 6.07) is 12.7. The van der Waals surface area contributed by atoms with Crippen LogP contribution in [0.4, 0.5) is 0 Å². The van der Waals surface area contributed by atoms with Crippen LogP contribution in [0.3, 0.4) is 0 Å². The van der Waals surface area contributed by atoms with Gasteiger partial charge >= 0.3 is 0 Å². The molecule has 0 saturated carbocycles. The SMILES string of the molecule is Cc1cc(C(=O)N2CCNC[C@@H]2C)c(C)n1Cc1ccccc1. The van der Waals surface area contributed by atoms with E-state index in [2.05, 4.69) is 54.9 Å². The average Bonchev–Trinajstić information content (AvgIpc) is 2.84. The molecule has 122 valence electrons. The third-order valence-corrected chi connectivity index (χ3v) is 4.75. The number of nitrogens with one attached hydrogen (secondary N) is 1. The van der Waals surface area contributed by atoms with E-state index in [4.69, 9.17) is 0 Å². The van der Waals surface area contributed by atoms with Gasteiger partial charge in [0, 0.05) is 43.6 Å². The Labute approximate surface area is 138 Å². The number of rotatable bonds is 3. The Morgan fingerprint density at radius 3 is 2.70 bits per heavy atom. The van der Waals surface area contributed by atoms with Crippen molar-refractivity contribution in [1.29, 1.82) is 0 Å². The summed E-state index contributed by atoms with van der Waals surface area (Å²) < 4.78 is 2.23. The highest BCUT2D eigenvalue weighted by Gasteiger charge is 2.26. The lowest BCUT2D eigenvalue weighted by molar-refractivity contribution is 0.0655. The highest BCUT2D eigenvalue weighted by molar-refractivity contribution is 5.96. The van der Waals surface area contributed by atoms with E-state index in [0.29, 0.717) is 0 Å². The lowest BCUT2D eigenvalue weighted by Gasteiger charge is -2.34. The minimum absolute atomic E-state index is 0.159. The van der Waals surface area contributed by atoms with Gasteiger partial charge in [0.2, 0.25) is 0 Å². The number of carbonyl (C=O) groups excluding carboxylic acids is 1. The Bertz CT molecular complexity index is 690. The van der Waals surface area contributed by atoms with Crippen molar-refractivity contribution < 1.29 is 4.79 Å². The van der Waals surface area contributed by atoms with E-state index >= 15 is 0 Å². The van der Waals surface area contributed by atoms with Crippen molar-refractivity contribution in [3.63, 3.8) is 0 Å². The molecule has 0 spiro atoms. The minimum atomic E-state index is 0.159. The molecule has 2 heterocycles. The molecule has 1 saturated heterocycles. The third-order valence-electron chi connectivity index (χ3n) is 4.75. The number of aromatic nitrogens is 1. The van der Waals surface area contributed by atoms with Gasteiger partial charge in [0.25, 0.3) is 5.91 Å². The summed E-state index contributed by atoms with van der Waals surface area (Å²) in [4.78, 5) is 14.9. The maximum Gasteiger partial charge on any atom is 0.256 e. The predicted molar refractivity (Wildman–Crippen MR) is 92.8 cm³/mol. The normalized spacial score (nSPS) is 18.2. The second-order valence-corrected chi connectivity index (χ2v) is 6.41. The molecule has 1 aliphatic rings. The molecule has 0 bridgehead atoms. The van der Waals surface area contributed by atoms with Crippen molar-refractivity contribution >= 4 is 5.91 Å². The molecule has 23 heavy (non-hydrogen) atoms. The largest absolute Gasteiger partial charge is 0.344 e. The summed E-state index contributed by atoms with van der Waals surface area (Å²) >= 11 is 0. The van der Waals surface area contributed by atoms with Gasteiger partial charge in [-0.05, 0) is 32.4 Å². The Morgan fingerprint density at radius 1 is 1.26 bits per heavy atom. The molecule has 1 aliphatic heterocycles. The van der Waals surface area contributed by atoms with Gasteiger partial charge in [0.05, 0.1) is 5.56 Å². The molecule has 0 radical (unpaired) electrons. The lowest BCUT2D eigenvalue weighted by atomic mass is 10.1. The lowest BCUT2D eigenvalue weighted by Crippen LogP contribution is -2.52. The van der Waals surface area contributed by atoms with Crippen molar-refractivity contribution in [3.8, 4) is 0 Å². The maximum absolute atomic E-state index is 12.9. The van der Waals surface area contributed by atoms with Crippen LogP contribution >= 0.6 is 0 Å². The first-order valence-electron chi connectivity index (χ1n) is 8.30. The quantitative estimate of drug-likeness (QED) is 0.946. The van der Waals surface area contributed by atoms with Crippen LogP contribution in [0.25, 0.3) is 0 Å². The second kappa shape index (κ2) is 6.59. The Kier molecular flexibility index (Phi) is 4.53. The van der Waals surface area contributed by atoms with E-state index in [0.717, 1.165) is 43.1 Å². The summed E-state index contributed by atoms with van der Waals surface area (Å²) in [5.74, 6) is 0.159. The number of carbonyl (C=O) groups is 1. The monoisotopic (exact) mass is 311 g/mol. The van der Waals surface area contributed by atoms with Crippen LogP contribution < -0.4 is 5.32 Å². The molecule has 2 aromatic rings.